The van der Waals surface area contributed by atoms with Crippen LogP contribution in [0, 0.1) is 0 Å². The van der Waals surface area contributed by atoms with Gasteiger partial charge < -0.3 is 16.0 Å². The van der Waals surface area contributed by atoms with Gasteiger partial charge in [-0.1, -0.05) is 12.8 Å². The van der Waals surface area contributed by atoms with Crippen LogP contribution in [-0.4, -0.2) is 42.6 Å². The Bertz CT molecular complexity index is 240. The van der Waals surface area contributed by atoms with Crippen LogP contribution in [0.3, 0.4) is 0 Å². The molecule has 0 bridgehead atoms. The molecule has 0 aromatic rings. The van der Waals surface area contributed by atoms with E-state index >= 15 is 0 Å². The Morgan fingerprint density at radius 2 is 1.72 bits per heavy atom. The van der Waals surface area contributed by atoms with E-state index in [-0.39, 0.29) is 29.5 Å². The lowest BCUT2D eigenvalue weighted by atomic mass is 10.1. The Balaban J connectivity index is 0.00000289. The Morgan fingerprint density at radius 3 is 2.22 bits per heavy atom. The fraction of sp³-hybridized carbons (Fsp3) is 0.923. The molecule has 0 atom stereocenters. The molecule has 1 heterocycles. The number of hydrogen-bond acceptors (Lipinski definition) is 2. The molecule has 18 heavy (non-hydrogen) atoms. The summed E-state index contributed by atoms with van der Waals surface area (Å²) in [5.74, 6) is 0.725. The van der Waals surface area contributed by atoms with Gasteiger partial charge in [0.05, 0.1) is 6.54 Å². The van der Waals surface area contributed by atoms with Crippen LogP contribution in [0.1, 0.15) is 46.5 Å². The predicted octanol–water partition coefficient (Wildman–Crippen LogP) is 2.18. The number of rotatable bonds is 3. The van der Waals surface area contributed by atoms with Crippen molar-refractivity contribution in [2.75, 3.05) is 26.2 Å². The first-order valence-electron chi connectivity index (χ1n) is 6.79. The van der Waals surface area contributed by atoms with Gasteiger partial charge in [0.1, 0.15) is 0 Å². The second-order valence-corrected chi connectivity index (χ2v) is 5.82. The quantitative estimate of drug-likeness (QED) is 0.348. The Labute approximate surface area is 129 Å². The van der Waals surface area contributed by atoms with E-state index in [9.17, 15) is 0 Å². The largest absolute Gasteiger partial charge is 0.370 e. The van der Waals surface area contributed by atoms with Gasteiger partial charge in [-0.25, -0.2) is 0 Å². The number of hydrogen-bond donors (Lipinski definition) is 2. The highest BCUT2D eigenvalue weighted by Crippen LogP contribution is 2.08. The van der Waals surface area contributed by atoms with Crippen molar-refractivity contribution in [3.8, 4) is 0 Å². The van der Waals surface area contributed by atoms with E-state index in [1.165, 1.54) is 25.7 Å². The van der Waals surface area contributed by atoms with Gasteiger partial charge in [-0.05, 0) is 33.6 Å². The third kappa shape index (κ3) is 8.13. The third-order valence-electron chi connectivity index (χ3n) is 2.97. The van der Waals surface area contributed by atoms with Crippen molar-refractivity contribution >= 4 is 29.9 Å². The second-order valence-electron chi connectivity index (χ2n) is 5.82. The summed E-state index contributed by atoms with van der Waals surface area (Å²) in [6.07, 6.45) is 5.15. The van der Waals surface area contributed by atoms with Gasteiger partial charge in [0.25, 0.3) is 0 Å². The first kappa shape index (κ1) is 18.0. The molecule has 3 N–H and O–H groups in total. The topological polar surface area (TPSA) is 53.6 Å². The van der Waals surface area contributed by atoms with Gasteiger partial charge in [0.15, 0.2) is 5.96 Å². The smallest absolute Gasteiger partial charge is 0.191 e. The average Bonchev–Trinajstić information content (AvgIpc) is 2.51. The van der Waals surface area contributed by atoms with Crippen LogP contribution in [0.2, 0.25) is 0 Å². The second kappa shape index (κ2) is 8.96. The van der Waals surface area contributed by atoms with E-state index in [0.29, 0.717) is 0 Å². The summed E-state index contributed by atoms with van der Waals surface area (Å²) in [4.78, 5) is 6.68. The minimum Gasteiger partial charge on any atom is -0.370 e. The molecule has 1 fully saturated rings. The molecule has 4 nitrogen and oxygen atoms in total. The molecule has 1 rings (SSSR count). The lowest BCUT2D eigenvalue weighted by Crippen LogP contribution is -2.40. The molecule has 108 valence electrons. The van der Waals surface area contributed by atoms with E-state index in [2.05, 4.69) is 36.0 Å². The van der Waals surface area contributed by atoms with Crippen LogP contribution in [0.15, 0.2) is 4.99 Å². The van der Waals surface area contributed by atoms with Crippen molar-refractivity contribution < 1.29 is 0 Å². The normalized spacial score (nSPS) is 18.2. The molecule has 0 unspecified atom stereocenters. The van der Waals surface area contributed by atoms with Gasteiger partial charge in [-0.15, -0.1) is 24.0 Å². The summed E-state index contributed by atoms with van der Waals surface area (Å²) in [5, 5.41) is 3.41. The van der Waals surface area contributed by atoms with Gasteiger partial charge in [0, 0.05) is 25.2 Å². The molecule has 0 aromatic heterocycles. The standard InChI is InChI=1S/C13H28N4.HI/c1-13(2,3)16-9-8-15-12(14)17-10-6-4-5-7-11-17;/h16H,4-11H2,1-3H3,(H2,14,15);1H. The lowest BCUT2D eigenvalue weighted by Gasteiger charge is -2.22. The van der Waals surface area contributed by atoms with Gasteiger partial charge >= 0.3 is 0 Å². The summed E-state index contributed by atoms with van der Waals surface area (Å²) < 4.78 is 0. The number of likely N-dealkylation sites (tertiary alicyclic amines) is 1. The number of halogens is 1. The van der Waals surface area contributed by atoms with Crippen LogP contribution in [-0.2, 0) is 0 Å². The first-order valence-corrected chi connectivity index (χ1v) is 6.79. The summed E-state index contributed by atoms with van der Waals surface area (Å²) in [6, 6.07) is 0. The fourth-order valence-electron chi connectivity index (χ4n) is 2.00. The minimum atomic E-state index is 0. The molecule has 1 aliphatic rings. The molecule has 1 saturated heterocycles. The highest BCUT2D eigenvalue weighted by atomic mass is 127. The summed E-state index contributed by atoms with van der Waals surface area (Å²) in [6.45, 7) is 10.3. The Kier molecular flexibility index (Phi) is 8.94. The Morgan fingerprint density at radius 1 is 1.17 bits per heavy atom. The van der Waals surface area contributed by atoms with Crippen molar-refractivity contribution in [3.05, 3.63) is 0 Å². The number of nitrogens with two attached hydrogens (primary N) is 1. The zero-order chi connectivity index (χ0) is 12.7. The molecule has 0 aromatic carbocycles. The zero-order valence-corrected chi connectivity index (χ0v) is 14.4. The van der Waals surface area contributed by atoms with Crippen molar-refractivity contribution in [1.82, 2.24) is 10.2 Å². The SMILES string of the molecule is CC(C)(C)NCCN=C(N)N1CCCCCC1.I. The molecular weight excluding hydrogens is 339 g/mol. The van der Waals surface area contributed by atoms with Crippen LogP contribution < -0.4 is 11.1 Å². The number of guanidine groups is 1. The molecule has 0 saturated carbocycles. The summed E-state index contributed by atoms with van der Waals surface area (Å²) in [5.41, 5.74) is 6.18. The maximum absolute atomic E-state index is 6.02. The van der Waals surface area contributed by atoms with Crippen molar-refractivity contribution in [2.24, 2.45) is 10.7 Å². The molecule has 1 aliphatic heterocycles. The van der Waals surface area contributed by atoms with Crippen LogP contribution in [0.4, 0.5) is 0 Å². The molecule has 0 amide bonds. The minimum absolute atomic E-state index is 0. The molecular formula is C13H29IN4. The lowest BCUT2D eigenvalue weighted by molar-refractivity contribution is 0.420. The highest BCUT2D eigenvalue weighted by molar-refractivity contribution is 14.0. The monoisotopic (exact) mass is 368 g/mol. The maximum atomic E-state index is 6.02. The van der Waals surface area contributed by atoms with Crippen LogP contribution in [0.5, 0.6) is 0 Å². The first-order chi connectivity index (χ1) is 7.99. The Hall–Kier alpha value is -0.0400. The van der Waals surface area contributed by atoms with E-state index in [1.807, 2.05) is 0 Å². The zero-order valence-electron chi connectivity index (χ0n) is 12.0. The van der Waals surface area contributed by atoms with E-state index < -0.39 is 0 Å². The van der Waals surface area contributed by atoms with E-state index in [4.69, 9.17) is 5.73 Å². The molecule has 0 aliphatic carbocycles. The van der Waals surface area contributed by atoms with Crippen LogP contribution in [0.25, 0.3) is 0 Å². The molecule has 0 radical (unpaired) electrons. The average molecular weight is 368 g/mol. The van der Waals surface area contributed by atoms with E-state index in [0.717, 1.165) is 32.1 Å². The number of nitrogens with one attached hydrogen (secondary N) is 1. The maximum Gasteiger partial charge on any atom is 0.191 e. The third-order valence-corrected chi connectivity index (χ3v) is 2.97. The van der Waals surface area contributed by atoms with Crippen LogP contribution >= 0.6 is 24.0 Å². The van der Waals surface area contributed by atoms with Crippen molar-refractivity contribution in [2.45, 2.75) is 52.0 Å². The summed E-state index contributed by atoms with van der Waals surface area (Å²) >= 11 is 0. The van der Waals surface area contributed by atoms with Crippen molar-refractivity contribution in [1.29, 1.82) is 0 Å². The molecule has 0 spiro atoms. The van der Waals surface area contributed by atoms with E-state index in [1.54, 1.807) is 0 Å². The van der Waals surface area contributed by atoms with Gasteiger partial charge in [-0.2, -0.15) is 0 Å². The number of aliphatic imine (C=N–C) groups is 1. The van der Waals surface area contributed by atoms with Gasteiger partial charge in [0.2, 0.25) is 0 Å². The van der Waals surface area contributed by atoms with Crippen molar-refractivity contribution in [3.63, 3.8) is 0 Å². The fourth-order valence-corrected chi connectivity index (χ4v) is 2.00. The van der Waals surface area contributed by atoms with Gasteiger partial charge in [-0.3, -0.25) is 4.99 Å². The number of nitrogens with zero attached hydrogens (tertiary/aromatic N) is 2. The summed E-state index contributed by atoms with van der Waals surface area (Å²) in [7, 11) is 0. The highest BCUT2D eigenvalue weighted by Gasteiger charge is 2.11. The predicted molar refractivity (Wildman–Crippen MR) is 89.7 cm³/mol. The molecule has 5 heteroatoms.